The van der Waals surface area contributed by atoms with E-state index in [-0.39, 0.29) is 11.4 Å². The fourth-order valence-corrected chi connectivity index (χ4v) is 3.88. The minimum atomic E-state index is -0.459. The maximum absolute atomic E-state index is 12.6. The third-order valence-corrected chi connectivity index (χ3v) is 5.44. The molecule has 0 fully saturated rings. The molecular formula is C25H22N4O4. The molecule has 1 amide bonds. The maximum Gasteiger partial charge on any atom is 0.282 e. The number of amidine groups is 2. The third-order valence-electron chi connectivity index (χ3n) is 5.44. The Kier molecular flexibility index (Phi) is 5.18. The monoisotopic (exact) mass is 442 g/mol. The SMILES string of the molecule is COc1cccc(OCCn2cc(/C=C3/C(=N)N4OC(C)=CC4=NC3=O)c3ccccc32)c1. The summed E-state index contributed by atoms with van der Waals surface area (Å²) in [7, 11) is 1.62. The van der Waals surface area contributed by atoms with Gasteiger partial charge in [0.1, 0.15) is 23.9 Å². The number of allylic oxidation sites excluding steroid dienone is 1. The van der Waals surface area contributed by atoms with Gasteiger partial charge in [-0.25, -0.2) is 0 Å². The molecule has 0 unspecified atom stereocenters. The van der Waals surface area contributed by atoms with Gasteiger partial charge < -0.3 is 18.9 Å². The van der Waals surface area contributed by atoms with Crippen LogP contribution in [0.3, 0.4) is 0 Å². The quantitative estimate of drug-likeness (QED) is 0.579. The lowest BCUT2D eigenvalue weighted by Gasteiger charge is -2.22. The van der Waals surface area contributed by atoms with Crippen molar-refractivity contribution in [3.05, 3.63) is 77.7 Å². The van der Waals surface area contributed by atoms with Gasteiger partial charge in [-0.05, 0) is 31.2 Å². The number of ether oxygens (including phenoxy) is 2. The van der Waals surface area contributed by atoms with E-state index in [9.17, 15) is 4.79 Å². The molecule has 2 aliphatic heterocycles. The molecular weight excluding hydrogens is 420 g/mol. The average Bonchev–Trinajstić information content (AvgIpc) is 3.37. The lowest BCUT2D eigenvalue weighted by atomic mass is 10.1. The van der Waals surface area contributed by atoms with E-state index in [1.165, 1.54) is 5.06 Å². The van der Waals surface area contributed by atoms with Crippen molar-refractivity contribution in [3.63, 3.8) is 0 Å². The fraction of sp³-hybridized carbons (Fsp3) is 0.160. The zero-order chi connectivity index (χ0) is 22.9. The van der Waals surface area contributed by atoms with Crippen LogP contribution in [0.4, 0.5) is 0 Å². The van der Waals surface area contributed by atoms with Gasteiger partial charge in [0.2, 0.25) is 0 Å². The molecule has 0 saturated carbocycles. The summed E-state index contributed by atoms with van der Waals surface area (Å²) in [6, 6.07) is 15.4. The van der Waals surface area contributed by atoms with Crippen molar-refractivity contribution in [3.8, 4) is 11.5 Å². The molecule has 8 heteroatoms. The number of aliphatic imine (C=N–C) groups is 1. The molecule has 1 aromatic heterocycles. The molecule has 0 spiro atoms. The summed E-state index contributed by atoms with van der Waals surface area (Å²) in [5, 5.41) is 10.7. The van der Waals surface area contributed by atoms with Gasteiger partial charge in [-0.15, -0.1) is 5.06 Å². The molecule has 0 aliphatic carbocycles. The van der Waals surface area contributed by atoms with Crippen molar-refractivity contribution in [2.45, 2.75) is 13.5 Å². The number of methoxy groups -OCH3 is 1. The van der Waals surface area contributed by atoms with Crippen molar-refractivity contribution in [1.82, 2.24) is 9.63 Å². The fourth-order valence-electron chi connectivity index (χ4n) is 3.88. The first-order chi connectivity index (χ1) is 16.0. The van der Waals surface area contributed by atoms with Crippen molar-refractivity contribution in [2.24, 2.45) is 4.99 Å². The van der Waals surface area contributed by atoms with Gasteiger partial charge >= 0.3 is 0 Å². The van der Waals surface area contributed by atoms with Crippen LogP contribution in [0.25, 0.3) is 17.0 Å². The maximum atomic E-state index is 12.6. The van der Waals surface area contributed by atoms with Gasteiger partial charge in [0.25, 0.3) is 5.91 Å². The van der Waals surface area contributed by atoms with E-state index in [1.54, 1.807) is 26.2 Å². The van der Waals surface area contributed by atoms with E-state index in [4.69, 9.17) is 19.7 Å². The molecule has 166 valence electrons. The molecule has 8 nitrogen and oxygen atoms in total. The predicted octanol–water partition coefficient (Wildman–Crippen LogP) is 4.18. The van der Waals surface area contributed by atoms with Crippen LogP contribution in [0.2, 0.25) is 0 Å². The van der Waals surface area contributed by atoms with E-state index < -0.39 is 5.91 Å². The van der Waals surface area contributed by atoms with E-state index in [0.29, 0.717) is 24.7 Å². The van der Waals surface area contributed by atoms with Gasteiger partial charge in [-0.2, -0.15) is 4.99 Å². The molecule has 2 aromatic carbocycles. The molecule has 0 bridgehead atoms. The molecule has 0 saturated heterocycles. The van der Waals surface area contributed by atoms with E-state index >= 15 is 0 Å². The zero-order valence-corrected chi connectivity index (χ0v) is 18.2. The highest BCUT2D eigenvalue weighted by Crippen LogP contribution is 2.28. The number of carbonyl (C=O) groups excluding carboxylic acids is 1. The number of nitrogens with one attached hydrogen (secondary N) is 1. The van der Waals surface area contributed by atoms with Gasteiger partial charge in [-0.3, -0.25) is 10.2 Å². The Labute approximate surface area is 190 Å². The van der Waals surface area contributed by atoms with Crippen LogP contribution in [0.5, 0.6) is 11.5 Å². The number of hydroxylamine groups is 2. The Balaban J connectivity index is 1.41. The second kappa shape index (κ2) is 8.31. The van der Waals surface area contributed by atoms with Crippen LogP contribution in [-0.4, -0.2) is 40.9 Å². The number of carbonyl (C=O) groups is 1. The Hall–Kier alpha value is -4.33. The number of hydrogen-bond donors (Lipinski definition) is 1. The molecule has 1 N–H and O–H groups in total. The summed E-state index contributed by atoms with van der Waals surface area (Å²) in [5.74, 6) is 1.90. The first-order valence-electron chi connectivity index (χ1n) is 10.5. The summed E-state index contributed by atoms with van der Waals surface area (Å²) < 4.78 is 13.2. The van der Waals surface area contributed by atoms with Crippen molar-refractivity contribution < 1.29 is 19.1 Å². The number of amides is 1. The van der Waals surface area contributed by atoms with Crippen LogP contribution in [-0.2, 0) is 16.2 Å². The standard InChI is InChI=1S/C25H22N4O4/c1-16-12-23-27-25(30)21(24(26)29(23)33-16)13-17-15-28(22-9-4-3-8-20(17)22)10-11-32-19-7-5-6-18(14-19)31-2/h3-9,12-15,26H,10-11H2,1-2H3/b21-13-,26-24?. The topological polar surface area (TPSA) is 89.1 Å². The Morgan fingerprint density at radius 2 is 1.97 bits per heavy atom. The second-order valence-electron chi connectivity index (χ2n) is 7.64. The number of hydrogen-bond acceptors (Lipinski definition) is 5. The first-order valence-corrected chi connectivity index (χ1v) is 10.5. The number of rotatable bonds is 6. The highest BCUT2D eigenvalue weighted by atomic mass is 16.7. The lowest BCUT2D eigenvalue weighted by molar-refractivity contribution is -0.114. The summed E-state index contributed by atoms with van der Waals surface area (Å²) in [5.41, 5.74) is 2.01. The molecule has 3 heterocycles. The Bertz CT molecular complexity index is 1370. The largest absolute Gasteiger partial charge is 0.497 e. The van der Waals surface area contributed by atoms with Crippen LogP contribution in [0.15, 0.2) is 77.1 Å². The van der Waals surface area contributed by atoms with E-state index in [1.807, 2.05) is 54.7 Å². The molecule has 5 rings (SSSR count). The normalized spacial score (nSPS) is 16.5. The molecule has 33 heavy (non-hydrogen) atoms. The van der Waals surface area contributed by atoms with Crippen molar-refractivity contribution >= 4 is 34.6 Å². The number of benzene rings is 2. The van der Waals surface area contributed by atoms with Crippen LogP contribution >= 0.6 is 0 Å². The number of para-hydroxylation sites is 1. The zero-order valence-electron chi connectivity index (χ0n) is 18.2. The molecule has 0 atom stereocenters. The van der Waals surface area contributed by atoms with Gasteiger partial charge in [-0.1, -0.05) is 24.3 Å². The Morgan fingerprint density at radius 1 is 1.15 bits per heavy atom. The third kappa shape index (κ3) is 3.87. The summed E-state index contributed by atoms with van der Waals surface area (Å²) in [6.07, 6.45) is 5.29. The lowest BCUT2D eigenvalue weighted by Crippen LogP contribution is -2.38. The van der Waals surface area contributed by atoms with Gasteiger partial charge in [0.15, 0.2) is 11.7 Å². The van der Waals surface area contributed by atoms with E-state index in [2.05, 4.69) is 9.56 Å². The summed E-state index contributed by atoms with van der Waals surface area (Å²) in [4.78, 5) is 22.2. The minimum Gasteiger partial charge on any atom is -0.497 e. The Morgan fingerprint density at radius 3 is 2.82 bits per heavy atom. The number of nitrogens with zero attached hydrogens (tertiary/aromatic N) is 3. The number of aromatic nitrogens is 1. The highest BCUT2D eigenvalue weighted by Gasteiger charge is 2.34. The molecule has 0 radical (unpaired) electrons. The van der Waals surface area contributed by atoms with Gasteiger partial charge in [0, 0.05) is 34.8 Å². The average molecular weight is 442 g/mol. The summed E-state index contributed by atoms with van der Waals surface area (Å²) in [6.45, 7) is 2.81. The first kappa shape index (κ1) is 20.6. The van der Waals surface area contributed by atoms with Crippen molar-refractivity contribution in [1.29, 1.82) is 5.41 Å². The highest BCUT2D eigenvalue weighted by molar-refractivity contribution is 6.32. The van der Waals surface area contributed by atoms with Crippen LogP contribution in [0.1, 0.15) is 12.5 Å². The van der Waals surface area contributed by atoms with Crippen LogP contribution in [0, 0.1) is 5.41 Å². The van der Waals surface area contributed by atoms with Crippen LogP contribution < -0.4 is 9.47 Å². The molecule has 2 aliphatic rings. The summed E-state index contributed by atoms with van der Waals surface area (Å²) >= 11 is 0. The molecule has 3 aromatic rings. The van der Waals surface area contributed by atoms with Crippen molar-refractivity contribution in [2.75, 3.05) is 13.7 Å². The van der Waals surface area contributed by atoms with E-state index in [0.717, 1.165) is 28.0 Å². The second-order valence-corrected chi connectivity index (χ2v) is 7.64. The number of fused-ring (bicyclic) bond motifs is 2. The predicted molar refractivity (Wildman–Crippen MR) is 125 cm³/mol. The van der Waals surface area contributed by atoms with Gasteiger partial charge in [0.05, 0.1) is 19.2 Å². The smallest absolute Gasteiger partial charge is 0.282 e. The minimum absolute atomic E-state index is 0.0312.